The summed E-state index contributed by atoms with van der Waals surface area (Å²) in [6.07, 6.45) is 0. The molecule has 40 heavy (non-hydrogen) atoms. The molecule has 0 atom stereocenters. The lowest BCUT2D eigenvalue weighted by Crippen LogP contribution is -2.61. The molecule has 0 bridgehead atoms. The molecule has 3 aliphatic rings. The highest BCUT2D eigenvalue weighted by Gasteiger charge is 2.46. The Bertz CT molecular complexity index is 1790. The second kappa shape index (κ2) is 8.14. The van der Waals surface area contributed by atoms with E-state index < -0.39 is 0 Å². The van der Waals surface area contributed by atoms with Crippen LogP contribution in [0.4, 0.5) is 51.2 Å². The molecule has 0 saturated heterocycles. The largest absolute Gasteiger partial charge is 0.311 e. The molecular weight excluding hydrogens is 485 g/mol. The van der Waals surface area contributed by atoms with Crippen LogP contribution in [0.25, 0.3) is 0 Å². The monoisotopic (exact) mass is 509 g/mol. The number of hydrogen-bond donors (Lipinski definition) is 0. The zero-order valence-corrected chi connectivity index (χ0v) is 21.8. The van der Waals surface area contributed by atoms with Crippen LogP contribution in [-0.2, 0) is 0 Å². The summed E-state index contributed by atoms with van der Waals surface area (Å²) in [4.78, 5) is 7.36. The van der Waals surface area contributed by atoms with Gasteiger partial charge in [-0.2, -0.15) is 0 Å². The lowest BCUT2D eigenvalue weighted by atomic mass is 9.33. The van der Waals surface area contributed by atoms with E-state index in [1.54, 1.807) is 0 Å². The molecule has 9 rings (SSSR count). The van der Waals surface area contributed by atoms with Gasteiger partial charge in [0.1, 0.15) is 0 Å². The van der Waals surface area contributed by atoms with E-state index >= 15 is 0 Å². The summed E-state index contributed by atoms with van der Waals surface area (Å²) in [5, 5.41) is 0. The van der Waals surface area contributed by atoms with Gasteiger partial charge in [-0.1, -0.05) is 84.9 Å². The maximum absolute atomic E-state index is 2.51. The van der Waals surface area contributed by atoms with Crippen molar-refractivity contribution in [2.45, 2.75) is 0 Å². The Balaban J connectivity index is 1.39. The maximum atomic E-state index is 2.51. The number of nitrogens with zero attached hydrogens (tertiary/aromatic N) is 3. The second-order valence-electron chi connectivity index (χ2n) is 10.6. The van der Waals surface area contributed by atoms with E-state index in [9.17, 15) is 0 Å². The molecule has 3 nitrogen and oxygen atoms in total. The van der Waals surface area contributed by atoms with Crippen LogP contribution in [0, 0.1) is 0 Å². The number of hydrogen-bond acceptors (Lipinski definition) is 3. The van der Waals surface area contributed by atoms with E-state index in [1.165, 1.54) is 67.6 Å². The first-order chi connectivity index (χ1) is 19.9. The highest BCUT2D eigenvalue weighted by molar-refractivity contribution is 7.00. The van der Waals surface area contributed by atoms with Crippen LogP contribution in [0.3, 0.4) is 0 Å². The summed E-state index contributed by atoms with van der Waals surface area (Å²) in [5.74, 6) is 0. The number of rotatable bonds is 2. The van der Waals surface area contributed by atoms with E-state index in [0.717, 1.165) is 0 Å². The van der Waals surface area contributed by atoms with Crippen molar-refractivity contribution >= 4 is 74.3 Å². The Kier molecular flexibility index (Phi) is 4.41. The molecule has 0 amide bonds. The third-order valence-corrected chi connectivity index (χ3v) is 8.53. The molecule has 0 radical (unpaired) electrons. The van der Waals surface area contributed by atoms with Crippen LogP contribution in [0.5, 0.6) is 0 Å². The summed E-state index contributed by atoms with van der Waals surface area (Å²) in [5.41, 5.74) is 15.0. The minimum Gasteiger partial charge on any atom is -0.311 e. The number of anilines is 9. The van der Waals surface area contributed by atoms with Crippen molar-refractivity contribution in [3.63, 3.8) is 0 Å². The molecule has 0 aromatic heterocycles. The van der Waals surface area contributed by atoms with E-state index in [2.05, 4.69) is 160 Å². The molecule has 4 heteroatoms. The minimum absolute atomic E-state index is 0.136. The molecule has 0 N–H and O–H groups in total. The average molecular weight is 509 g/mol. The second-order valence-corrected chi connectivity index (χ2v) is 10.6. The van der Waals surface area contributed by atoms with Gasteiger partial charge in [-0.15, -0.1) is 0 Å². The van der Waals surface area contributed by atoms with Crippen LogP contribution < -0.4 is 31.1 Å². The third kappa shape index (κ3) is 2.80. The van der Waals surface area contributed by atoms with Gasteiger partial charge in [-0.3, -0.25) is 0 Å². The molecule has 0 unspecified atom stereocenters. The van der Waals surface area contributed by atoms with Crippen LogP contribution in [-0.4, -0.2) is 6.71 Å². The number of fused-ring (bicyclic) bond motifs is 6. The molecule has 6 aromatic carbocycles. The molecule has 0 spiro atoms. The molecule has 0 aliphatic carbocycles. The first kappa shape index (κ1) is 21.7. The molecule has 3 heterocycles. The van der Waals surface area contributed by atoms with Gasteiger partial charge >= 0.3 is 0 Å². The van der Waals surface area contributed by atoms with E-state index in [1.807, 2.05) is 0 Å². The van der Waals surface area contributed by atoms with Gasteiger partial charge in [0.15, 0.2) is 0 Å². The zero-order chi connectivity index (χ0) is 26.2. The molecule has 6 aromatic rings. The fraction of sp³-hybridized carbons (Fsp3) is 0. The van der Waals surface area contributed by atoms with Gasteiger partial charge in [-0.25, -0.2) is 0 Å². The summed E-state index contributed by atoms with van der Waals surface area (Å²) in [6.45, 7) is 0.136. The Labute approximate surface area is 234 Å². The van der Waals surface area contributed by atoms with Gasteiger partial charge in [0.2, 0.25) is 0 Å². The Morgan fingerprint density at radius 1 is 0.325 bits per heavy atom. The zero-order valence-electron chi connectivity index (χ0n) is 21.8. The van der Waals surface area contributed by atoms with Gasteiger partial charge in [0.05, 0.1) is 22.7 Å². The minimum atomic E-state index is 0.136. The van der Waals surface area contributed by atoms with E-state index in [0.29, 0.717) is 0 Å². The fourth-order valence-corrected chi connectivity index (χ4v) is 7.03. The molecule has 0 saturated carbocycles. The van der Waals surface area contributed by atoms with Gasteiger partial charge in [-0.05, 0) is 77.1 Å². The fourth-order valence-electron chi connectivity index (χ4n) is 7.03. The normalized spacial score (nSPS) is 13.8. The highest BCUT2D eigenvalue weighted by Crippen LogP contribution is 2.55. The molecule has 186 valence electrons. The number of benzene rings is 6. The standard InChI is InChI=1S/C36H24BN3/c1-3-13-25(14-4-1)38-29-19-8-7-17-27(29)37-28-18-11-24-34-36(28)40(33-23-12-22-32(38)35(33)37)31-21-10-9-20-30(31)39(34)26-15-5-2-6-16-26/h1-24H. The van der Waals surface area contributed by atoms with Crippen molar-refractivity contribution < 1.29 is 0 Å². The predicted octanol–water partition coefficient (Wildman–Crippen LogP) is 7.55. The number of para-hydroxylation sites is 6. The SMILES string of the molecule is c1ccc(N2c3ccccc3B3c4cccc5c4N(c4ccccc4N5c4ccccc4)c4cccc2c43)cc1. The van der Waals surface area contributed by atoms with Crippen LogP contribution in [0.15, 0.2) is 146 Å². The maximum Gasteiger partial charge on any atom is 0.252 e. The molecular formula is C36H24BN3. The summed E-state index contributed by atoms with van der Waals surface area (Å²) >= 11 is 0. The van der Waals surface area contributed by atoms with Crippen molar-refractivity contribution in [2.75, 3.05) is 14.7 Å². The summed E-state index contributed by atoms with van der Waals surface area (Å²) < 4.78 is 0. The Morgan fingerprint density at radius 3 is 1.48 bits per heavy atom. The lowest BCUT2D eigenvalue weighted by molar-refractivity contribution is 1.17. The van der Waals surface area contributed by atoms with Gasteiger partial charge in [0.25, 0.3) is 6.71 Å². The van der Waals surface area contributed by atoms with Crippen molar-refractivity contribution in [3.8, 4) is 0 Å². The third-order valence-electron chi connectivity index (χ3n) is 8.53. The first-order valence-corrected chi connectivity index (χ1v) is 13.8. The molecule has 3 aliphatic heterocycles. The summed E-state index contributed by atoms with van der Waals surface area (Å²) in [6, 6.07) is 52.9. The lowest BCUT2D eigenvalue weighted by Gasteiger charge is -2.48. The Morgan fingerprint density at radius 2 is 0.775 bits per heavy atom. The highest BCUT2D eigenvalue weighted by atomic mass is 15.3. The summed E-state index contributed by atoms with van der Waals surface area (Å²) in [7, 11) is 0. The topological polar surface area (TPSA) is 9.72 Å². The van der Waals surface area contributed by atoms with Crippen LogP contribution >= 0.6 is 0 Å². The van der Waals surface area contributed by atoms with Crippen molar-refractivity contribution in [3.05, 3.63) is 146 Å². The van der Waals surface area contributed by atoms with Crippen LogP contribution in [0.1, 0.15) is 0 Å². The smallest absolute Gasteiger partial charge is 0.252 e. The van der Waals surface area contributed by atoms with Gasteiger partial charge < -0.3 is 14.7 Å². The first-order valence-electron chi connectivity index (χ1n) is 13.8. The van der Waals surface area contributed by atoms with Crippen molar-refractivity contribution in [1.29, 1.82) is 0 Å². The van der Waals surface area contributed by atoms with Crippen molar-refractivity contribution in [2.24, 2.45) is 0 Å². The van der Waals surface area contributed by atoms with E-state index in [4.69, 9.17) is 0 Å². The quantitative estimate of drug-likeness (QED) is 0.223. The molecule has 0 fully saturated rings. The van der Waals surface area contributed by atoms with Gasteiger partial charge in [0, 0.05) is 28.4 Å². The average Bonchev–Trinajstić information content (AvgIpc) is 3.03. The van der Waals surface area contributed by atoms with Crippen LogP contribution in [0.2, 0.25) is 0 Å². The van der Waals surface area contributed by atoms with Crippen molar-refractivity contribution in [1.82, 2.24) is 0 Å². The predicted molar refractivity (Wildman–Crippen MR) is 169 cm³/mol. The Hall–Kier alpha value is -5.22. The van der Waals surface area contributed by atoms with E-state index in [-0.39, 0.29) is 6.71 Å².